The molecule has 0 saturated carbocycles. The molecule has 0 radical (unpaired) electrons. The van der Waals surface area contributed by atoms with Crippen molar-refractivity contribution in [1.82, 2.24) is 0 Å². The van der Waals surface area contributed by atoms with Crippen LogP contribution in [-0.4, -0.2) is 33.4 Å². The molecule has 12 heavy (non-hydrogen) atoms. The number of quaternary nitrogens is 1. The summed E-state index contributed by atoms with van der Waals surface area (Å²) in [5, 5.41) is 0. The van der Waals surface area contributed by atoms with Crippen molar-refractivity contribution in [3.05, 3.63) is 18.6 Å². The van der Waals surface area contributed by atoms with Crippen molar-refractivity contribution in [2.45, 2.75) is 4.90 Å². The second-order valence-corrected chi connectivity index (χ2v) is 5.84. The Morgan fingerprint density at radius 2 is 1.92 bits per heavy atom. The summed E-state index contributed by atoms with van der Waals surface area (Å²) in [6, 6.07) is 1.44. The number of hydrogen-bond donors (Lipinski definition) is 0. The predicted molar refractivity (Wildman–Crippen MR) is 43.9 cm³/mol. The Hall–Kier alpha value is -0.810. The van der Waals surface area contributed by atoms with Crippen LogP contribution >= 0.6 is 0 Å². The summed E-state index contributed by atoms with van der Waals surface area (Å²) >= 11 is 0. The Morgan fingerprint density at radius 3 is 2.25 bits per heavy atom. The predicted octanol–water partition coefficient (Wildman–Crippen LogP) is 0.674. The van der Waals surface area contributed by atoms with E-state index in [2.05, 4.69) is 0 Å². The van der Waals surface area contributed by atoms with Gasteiger partial charge in [-0.15, -0.1) is 0 Å². The summed E-state index contributed by atoms with van der Waals surface area (Å²) in [6.07, 6.45) is 2.58. The first kappa shape index (κ1) is 9.28. The minimum absolute atomic E-state index is 0.132. The molecule has 0 unspecified atom stereocenters. The molecule has 0 bridgehead atoms. The third-order valence-corrected chi connectivity index (χ3v) is 3.78. The number of hydrogen-bond acceptors (Lipinski definition) is 3. The van der Waals surface area contributed by atoms with E-state index in [-0.39, 0.29) is 8.78 Å². The van der Waals surface area contributed by atoms with Gasteiger partial charge in [0.2, 0.25) is 0 Å². The molecule has 5 heteroatoms. The molecule has 1 rings (SSSR count). The molecule has 0 fully saturated rings. The van der Waals surface area contributed by atoms with Crippen LogP contribution in [0.15, 0.2) is 27.9 Å². The van der Waals surface area contributed by atoms with Gasteiger partial charge in [-0.25, -0.2) is 3.89 Å². The van der Waals surface area contributed by atoms with Gasteiger partial charge in [0, 0.05) is 6.07 Å². The van der Waals surface area contributed by atoms with Gasteiger partial charge in [0.1, 0.15) is 6.26 Å². The van der Waals surface area contributed by atoms with Gasteiger partial charge in [0.25, 0.3) is 0 Å². The van der Waals surface area contributed by atoms with Gasteiger partial charge in [-0.1, -0.05) is 0 Å². The maximum atomic E-state index is 11.6. The molecular formula is C7H12NO3S+. The molecule has 0 spiro atoms. The minimum Gasteiger partial charge on any atom is -0.471 e. The van der Waals surface area contributed by atoms with E-state index in [1.807, 2.05) is 0 Å². The van der Waals surface area contributed by atoms with Crippen LogP contribution in [0.1, 0.15) is 0 Å². The molecule has 4 nitrogen and oxygen atoms in total. The average molecular weight is 190 g/mol. The molecular weight excluding hydrogens is 178 g/mol. The summed E-state index contributed by atoms with van der Waals surface area (Å²) < 4.78 is 27.8. The van der Waals surface area contributed by atoms with E-state index in [0.717, 1.165) is 0 Å². The van der Waals surface area contributed by atoms with Crippen molar-refractivity contribution < 1.29 is 16.7 Å². The highest BCUT2D eigenvalue weighted by Crippen LogP contribution is 2.17. The Balaban J connectivity index is 3.22. The van der Waals surface area contributed by atoms with Gasteiger partial charge >= 0.3 is 10.0 Å². The Labute approximate surface area is 72.1 Å². The number of sulfonamides is 1. The highest BCUT2D eigenvalue weighted by atomic mass is 32.2. The van der Waals surface area contributed by atoms with E-state index in [9.17, 15) is 8.42 Å². The standard InChI is InChI=1S/C7H12NO3S/c1-8(2,3)12(9,10)7-4-5-11-6-7/h4-6H,1-3H3/q+1. The molecule has 0 atom stereocenters. The molecule has 0 aliphatic carbocycles. The first-order valence-corrected chi connectivity index (χ1v) is 4.88. The SMILES string of the molecule is C[N+](C)(C)S(=O)(=O)c1ccoc1. The summed E-state index contributed by atoms with van der Waals surface area (Å²) in [7, 11) is 1.51. The van der Waals surface area contributed by atoms with Crippen molar-refractivity contribution in [2.75, 3.05) is 21.1 Å². The third-order valence-electron chi connectivity index (χ3n) is 1.51. The number of furan rings is 1. The number of nitrogens with zero attached hydrogens (tertiary/aromatic N) is 1. The first-order chi connectivity index (χ1) is 5.36. The molecule has 0 aliphatic heterocycles. The Morgan fingerprint density at radius 1 is 1.33 bits per heavy atom. The van der Waals surface area contributed by atoms with Gasteiger partial charge in [-0.05, 0) is 0 Å². The lowest BCUT2D eigenvalue weighted by molar-refractivity contribution is -0.739. The van der Waals surface area contributed by atoms with Gasteiger partial charge < -0.3 is 4.42 Å². The molecule has 0 amide bonds. The van der Waals surface area contributed by atoms with Crippen LogP contribution in [0.3, 0.4) is 0 Å². The lowest BCUT2D eigenvalue weighted by atomic mass is 10.7. The van der Waals surface area contributed by atoms with Crippen molar-refractivity contribution in [3.8, 4) is 0 Å². The van der Waals surface area contributed by atoms with E-state index >= 15 is 0 Å². The summed E-state index contributed by atoms with van der Waals surface area (Å²) in [5.74, 6) is 0. The van der Waals surface area contributed by atoms with Crippen LogP contribution in [0.4, 0.5) is 0 Å². The van der Waals surface area contributed by atoms with Gasteiger partial charge in [0.05, 0.1) is 27.4 Å². The fourth-order valence-corrected chi connectivity index (χ4v) is 1.75. The lowest BCUT2D eigenvalue weighted by Crippen LogP contribution is -2.40. The topological polar surface area (TPSA) is 47.3 Å². The van der Waals surface area contributed by atoms with Gasteiger partial charge in [0.15, 0.2) is 4.90 Å². The van der Waals surface area contributed by atoms with Crippen LogP contribution in [0.5, 0.6) is 0 Å². The molecule has 0 aromatic carbocycles. The molecule has 1 aromatic heterocycles. The highest BCUT2D eigenvalue weighted by molar-refractivity contribution is 7.85. The molecule has 0 saturated heterocycles. The normalized spacial score (nSPS) is 13.2. The monoisotopic (exact) mass is 190 g/mol. The maximum Gasteiger partial charge on any atom is 0.329 e. The Bertz CT molecular complexity index is 345. The smallest absolute Gasteiger partial charge is 0.329 e. The van der Waals surface area contributed by atoms with Crippen LogP contribution in [-0.2, 0) is 10.0 Å². The van der Waals surface area contributed by atoms with Crippen LogP contribution in [0.2, 0.25) is 0 Å². The molecule has 0 N–H and O–H groups in total. The highest BCUT2D eigenvalue weighted by Gasteiger charge is 2.30. The van der Waals surface area contributed by atoms with Crippen molar-refractivity contribution in [2.24, 2.45) is 0 Å². The largest absolute Gasteiger partial charge is 0.471 e. The minimum atomic E-state index is -3.29. The summed E-state index contributed by atoms with van der Waals surface area (Å²) in [4.78, 5) is 0.218. The second kappa shape index (κ2) is 2.60. The zero-order chi connectivity index (χ0) is 9.41. The average Bonchev–Trinajstić information content (AvgIpc) is 2.34. The zero-order valence-corrected chi connectivity index (χ0v) is 8.13. The van der Waals surface area contributed by atoms with E-state index in [4.69, 9.17) is 4.42 Å². The first-order valence-electron chi connectivity index (χ1n) is 3.44. The van der Waals surface area contributed by atoms with E-state index in [1.165, 1.54) is 18.6 Å². The summed E-state index contributed by atoms with van der Waals surface area (Å²) in [6.45, 7) is 0. The lowest BCUT2D eigenvalue weighted by Gasteiger charge is -2.21. The Kier molecular flexibility index (Phi) is 2.01. The van der Waals surface area contributed by atoms with Crippen molar-refractivity contribution in [3.63, 3.8) is 0 Å². The van der Waals surface area contributed by atoms with Crippen LogP contribution in [0.25, 0.3) is 0 Å². The quantitative estimate of drug-likeness (QED) is 0.644. The van der Waals surface area contributed by atoms with E-state index in [0.29, 0.717) is 0 Å². The molecule has 0 aliphatic rings. The van der Waals surface area contributed by atoms with Gasteiger partial charge in [-0.2, -0.15) is 8.42 Å². The van der Waals surface area contributed by atoms with Crippen LogP contribution < -0.4 is 0 Å². The fourth-order valence-electron chi connectivity index (χ4n) is 0.715. The summed E-state index contributed by atoms with van der Waals surface area (Å²) in [5.41, 5.74) is 0. The van der Waals surface area contributed by atoms with E-state index in [1.54, 1.807) is 21.1 Å². The fraction of sp³-hybridized carbons (Fsp3) is 0.429. The second-order valence-electron chi connectivity index (χ2n) is 3.32. The third kappa shape index (κ3) is 1.37. The number of rotatable bonds is 2. The molecule has 68 valence electrons. The maximum absolute atomic E-state index is 11.6. The van der Waals surface area contributed by atoms with Crippen molar-refractivity contribution in [1.29, 1.82) is 0 Å². The molecule has 1 heterocycles. The molecule has 1 aromatic rings. The van der Waals surface area contributed by atoms with Gasteiger partial charge in [-0.3, -0.25) is 0 Å². The zero-order valence-electron chi connectivity index (χ0n) is 7.31. The van der Waals surface area contributed by atoms with Crippen LogP contribution in [0, 0.1) is 0 Å². The van der Waals surface area contributed by atoms with Crippen molar-refractivity contribution >= 4 is 10.0 Å². The van der Waals surface area contributed by atoms with E-state index < -0.39 is 10.0 Å².